The van der Waals surface area contributed by atoms with Gasteiger partial charge in [0.2, 0.25) is 0 Å². The fraction of sp³-hybridized carbons (Fsp3) is 0.0588. The average Bonchev–Trinajstić information content (AvgIpc) is 1.56. The van der Waals surface area contributed by atoms with Gasteiger partial charge in [0.05, 0.1) is 55.1 Å². The van der Waals surface area contributed by atoms with Crippen LogP contribution in [0, 0.1) is 11.6 Å². The maximum Gasteiger partial charge on any atom is 0.149 e. The van der Waals surface area contributed by atoms with Crippen molar-refractivity contribution in [2.45, 2.75) is 52.4 Å². The topological polar surface area (TPSA) is 88.6 Å². The van der Waals surface area contributed by atoms with Gasteiger partial charge in [0.25, 0.3) is 0 Å². The molecular formula is C136H93F2N3O6S. The van der Waals surface area contributed by atoms with Crippen molar-refractivity contribution in [1.82, 2.24) is 0 Å². The van der Waals surface area contributed by atoms with Crippen LogP contribution in [0.4, 0.5) is 60.0 Å². The lowest BCUT2D eigenvalue weighted by Crippen LogP contribution is -2.11. The van der Waals surface area contributed by atoms with Gasteiger partial charge in [0, 0.05) is 99.1 Å². The van der Waals surface area contributed by atoms with E-state index in [0.29, 0.717) is 43.9 Å². The van der Waals surface area contributed by atoms with Crippen molar-refractivity contribution in [1.29, 1.82) is 0 Å². The molecule has 0 unspecified atom stereocenters. The normalized spacial score (nSPS) is 12.1. The summed E-state index contributed by atoms with van der Waals surface area (Å²) in [5, 5.41) is 18.1. The zero-order valence-electron chi connectivity index (χ0n) is 81.8. The van der Waals surface area contributed by atoms with Crippen molar-refractivity contribution < 1.29 is 35.3 Å². The van der Waals surface area contributed by atoms with E-state index in [9.17, 15) is 4.39 Å². The van der Waals surface area contributed by atoms with Crippen LogP contribution in [-0.4, -0.2) is 0 Å². The second kappa shape index (κ2) is 35.3. The third-order valence-corrected chi connectivity index (χ3v) is 30.3. The van der Waals surface area contributed by atoms with E-state index in [0.717, 1.165) is 171 Å². The number of para-hydroxylation sites is 3. The molecule has 0 bridgehead atoms. The van der Waals surface area contributed by atoms with E-state index >= 15 is 4.39 Å². The summed E-state index contributed by atoms with van der Waals surface area (Å²) in [7, 11) is 0. The number of nitrogens with zero attached hydrogens (tertiary/aromatic N) is 3. The molecule has 708 valence electrons. The lowest BCUT2D eigenvalue weighted by molar-refractivity contribution is 0.587. The summed E-state index contributed by atoms with van der Waals surface area (Å²) in [6, 6.07) is 157. The van der Waals surface area contributed by atoms with Crippen molar-refractivity contribution in [3.05, 3.63) is 478 Å². The van der Waals surface area contributed by atoms with Crippen LogP contribution in [0.3, 0.4) is 0 Å². The summed E-state index contributed by atoms with van der Waals surface area (Å²) >= 11 is 1.75. The van der Waals surface area contributed by atoms with Crippen molar-refractivity contribution in [3.8, 4) is 44.5 Å². The summed E-state index contributed by atoms with van der Waals surface area (Å²) in [5.41, 5.74) is 29.6. The average molecular weight is 1940 g/mol. The van der Waals surface area contributed by atoms with Crippen LogP contribution in [0.25, 0.3) is 218 Å². The molecule has 0 N–H and O–H groups in total. The molecule has 9 nitrogen and oxygen atoms in total. The molecule has 29 rings (SSSR count). The third kappa shape index (κ3) is 15.3. The molecule has 0 radical (unpaired) electrons. The van der Waals surface area contributed by atoms with Gasteiger partial charge in [0.1, 0.15) is 78.6 Å². The predicted molar refractivity (Wildman–Crippen MR) is 614 cm³/mol. The lowest BCUT2D eigenvalue weighted by Gasteiger charge is -2.27. The van der Waals surface area contributed by atoms with E-state index in [1.807, 2.05) is 42.5 Å². The summed E-state index contributed by atoms with van der Waals surface area (Å²) in [4.78, 5) is 6.91. The lowest BCUT2D eigenvalue weighted by atomic mass is 9.86. The van der Waals surface area contributed by atoms with Crippen LogP contribution in [0.2, 0.25) is 0 Å². The molecule has 148 heavy (non-hydrogen) atoms. The van der Waals surface area contributed by atoms with Gasteiger partial charge in [-0.25, -0.2) is 8.78 Å². The van der Waals surface area contributed by atoms with Gasteiger partial charge >= 0.3 is 0 Å². The van der Waals surface area contributed by atoms with Crippen LogP contribution in [0.5, 0.6) is 0 Å². The van der Waals surface area contributed by atoms with Gasteiger partial charge in [-0.1, -0.05) is 327 Å². The minimum Gasteiger partial charge on any atom is -0.456 e. The summed E-state index contributed by atoms with van der Waals surface area (Å²) < 4.78 is 71.8. The second-order valence-corrected chi connectivity index (χ2v) is 41.4. The fourth-order valence-electron chi connectivity index (χ4n) is 21.9. The van der Waals surface area contributed by atoms with Gasteiger partial charge in [-0.15, -0.1) is 11.3 Å². The number of anilines is 9. The number of benzene rings is 22. The Morgan fingerprint density at radius 3 is 1.16 bits per heavy atom. The second-order valence-electron chi connectivity index (χ2n) is 40.3. The maximum absolute atomic E-state index is 15.0. The van der Waals surface area contributed by atoms with E-state index in [1.54, 1.807) is 23.5 Å². The molecule has 0 aliphatic rings. The molecule has 7 aromatic heterocycles. The molecule has 22 aromatic carbocycles. The molecule has 0 fully saturated rings. The molecule has 0 amide bonds. The van der Waals surface area contributed by atoms with Crippen LogP contribution >= 0.6 is 11.3 Å². The zero-order chi connectivity index (χ0) is 99.3. The number of rotatable bonds is 13. The molecule has 12 heteroatoms. The highest BCUT2D eigenvalue weighted by Crippen LogP contribution is 2.56. The SMILES string of the molecule is CC(C)(C)c1ccc2c(c1)oc1cc(N(c3ccccc3)c3ccc(-c4ccccc4)cc3)c3c4cc(C(C)(C)C)ccc4oc3c12.Fc1ccc2oc3c(c(N(c4ccc(-c5ccccc5)cc4)c4cccc5sc6ccccc6c45)cc4oc5ccc(F)cc5c43)c2c1.c1ccc(-c2ccc3cc(N(c4ccc(-c5cccc6ccccc56)cc4)c4cc5oc6ccccc6c5c5oc6ccccc6c45)ccc3c2)cc1. The van der Waals surface area contributed by atoms with Crippen LogP contribution in [-0.2, 0) is 10.8 Å². The minimum absolute atomic E-state index is 0.00634. The number of thiophene rings is 1. The van der Waals surface area contributed by atoms with Gasteiger partial charge < -0.3 is 41.2 Å². The van der Waals surface area contributed by atoms with Crippen molar-refractivity contribution in [2.24, 2.45) is 0 Å². The Bertz CT molecular complexity index is 10300. The van der Waals surface area contributed by atoms with Crippen LogP contribution in [0.15, 0.2) is 481 Å². The van der Waals surface area contributed by atoms with E-state index in [4.69, 9.17) is 26.5 Å². The third-order valence-electron chi connectivity index (χ3n) is 29.2. The Morgan fingerprint density at radius 1 is 0.196 bits per heavy atom. The first-order valence-electron chi connectivity index (χ1n) is 50.1. The highest BCUT2D eigenvalue weighted by atomic mass is 32.1. The highest BCUT2D eigenvalue weighted by Gasteiger charge is 2.33. The first kappa shape index (κ1) is 88.6. The highest BCUT2D eigenvalue weighted by molar-refractivity contribution is 7.26. The molecule has 0 atom stereocenters. The fourth-order valence-corrected chi connectivity index (χ4v) is 23.1. The molecule has 0 saturated heterocycles. The predicted octanol–water partition coefficient (Wildman–Crippen LogP) is 41.1. The van der Waals surface area contributed by atoms with Crippen LogP contribution < -0.4 is 14.7 Å². The Kier molecular flexibility index (Phi) is 21.1. The molecule has 29 aromatic rings. The van der Waals surface area contributed by atoms with Crippen LogP contribution in [0.1, 0.15) is 52.7 Å². The van der Waals surface area contributed by atoms with E-state index in [1.165, 1.54) is 89.6 Å². The number of fused-ring (bicyclic) bond motifs is 26. The Morgan fingerprint density at radius 2 is 0.568 bits per heavy atom. The molecule has 7 heterocycles. The first-order chi connectivity index (χ1) is 72.4. The Hall–Kier alpha value is -18.4. The van der Waals surface area contributed by atoms with Gasteiger partial charge in [-0.05, 0) is 240 Å². The van der Waals surface area contributed by atoms with Crippen molar-refractivity contribution >= 4 is 236 Å². The zero-order valence-corrected chi connectivity index (χ0v) is 82.6. The number of furan rings is 6. The number of hydrogen-bond acceptors (Lipinski definition) is 10. The Labute approximate surface area is 854 Å². The largest absolute Gasteiger partial charge is 0.456 e. The number of hydrogen-bond donors (Lipinski definition) is 0. The molecule has 0 aliphatic carbocycles. The maximum atomic E-state index is 15.0. The molecule has 0 spiro atoms. The molecular weight excluding hydrogens is 1840 g/mol. The molecule has 0 saturated carbocycles. The van der Waals surface area contributed by atoms with Crippen molar-refractivity contribution in [2.75, 3.05) is 14.7 Å². The van der Waals surface area contributed by atoms with E-state index in [2.05, 4.69) is 432 Å². The van der Waals surface area contributed by atoms with Gasteiger partial charge in [-0.3, -0.25) is 0 Å². The standard InChI is InChI=1S/C50H31NO2.C44H39NO2.C42H23F2NO2S/c1-2-11-32(12-3-1)35-21-22-37-30-39(28-25-36(37)29-35)51(38-26-23-34(24-27-38)41-18-10-14-33-13-4-5-15-40(33)41)44-31-47-49(43-17-7-8-19-45(43)52-47)50-48(44)42-16-6-9-20-46(42)53-50;1-43(2,3)30-20-24-37-35(25-30)40-36(27-39-41(42(40)47-37)34-23-19-31(44(4,5)6)26-38(34)46-39)45(32-15-11-8-12-16-32)33-21-17-29(18-22-33)28-13-9-7-10-14-28;43-26-16-20-35-30(21-26)40-33(23-36-41(42(40)47-35)31-22-27(44)15-19-34(31)46-36)45(28-17-13-25(14-18-28)24-7-2-1-3-8-24)32-10-6-12-38-39(32)29-9-4-5-11-37(29)48-38/h1-31H;7-27H,1-6H3;1-23H. The minimum atomic E-state index is -0.374. The van der Waals surface area contributed by atoms with Gasteiger partial charge in [0.15, 0.2) is 0 Å². The van der Waals surface area contributed by atoms with E-state index < -0.39 is 0 Å². The van der Waals surface area contributed by atoms with Crippen molar-refractivity contribution in [3.63, 3.8) is 0 Å². The Balaban J connectivity index is 0.000000110. The monoisotopic (exact) mass is 1930 g/mol. The smallest absolute Gasteiger partial charge is 0.149 e. The summed E-state index contributed by atoms with van der Waals surface area (Å²) in [6.07, 6.45) is 0. The summed E-state index contributed by atoms with van der Waals surface area (Å²) in [6.45, 7) is 13.5. The first-order valence-corrected chi connectivity index (χ1v) is 50.9. The quantitative estimate of drug-likeness (QED) is 0.112. The summed E-state index contributed by atoms with van der Waals surface area (Å²) in [5.74, 6) is -0.746. The number of halogens is 2. The molecule has 0 aliphatic heterocycles. The van der Waals surface area contributed by atoms with E-state index in [-0.39, 0.29) is 22.5 Å². The van der Waals surface area contributed by atoms with Gasteiger partial charge in [-0.2, -0.15) is 0 Å².